The van der Waals surface area contributed by atoms with Crippen LogP contribution in [0, 0.1) is 11.3 Å². The van der Waals surface area contributed by atoms with Crippen molar-refractivity contribution in [2.24, 2.45) is 0 Å². The number of halogens is 4. The number of alkyl halides is 3. The highest BCUT2D eigenvalue weighted by molar-refractivity contribution is 6.63. The van der Waals surface area contributed by atoms with Crippen LogP contribution in [0.15, 0.2) is 12.1 Å². The molecule has 8 heteroatoms. The van der Waals surface area contributed by atoms with Crippen molar-refractivity contribution in [1.82, 2.24) is 0 Å². The zero-order chi connectivity index (χ0) is 16.9. The van der Waals surface area contributed by atoms with Gasteiger partial charge < -0.3 is 9.31 Å². The Morgan fingerprint density at radius 2 is 1.64 bits per heavy atom. The molecule has 3 nitrogen and oxygen atoms in total. The first-order chi connectivity index (χ1) is 9.89. The van der Waals surface area contributed by atoms with E-state index in [4.69, 9.17) is 26.2 Å². The van der Waals surface area contributed by atoms with Gasteiger partial charge in [-0.25, -0.2) is 0 Å². The molecule has 2 rings (SSSR count). The van der Waals surface area contributed by atoms with E-state index >= 15 is 0 Å². The minimum atomic E-state index is -4.69. The van der Waals surface area contributed by atoms with E-state index in [-0.39, 0.29) is 10.5 Å². The van der Waals surface area contributed by atoms with Gasteiger partial charge in [0.2, 0.25) is 0 Å². The van der Waals surface area contributed by atoms with Gasteiger partial charge in [0.1, 0.15) is 0 Å². The smallest absolute Gasteiger partial charge is 0.399 e. The molecule has 22 heavy (non-hydrogen) atoms. The monoisotopic (exact) mass is 331 g/mol. The van der Waals surface area contributed by atoms with Gasteiger partial charge in [0.25, 0.3) is 0 Å². The summed E-state index contributed by atoms with van der Waals surface area (Å²) in [5.41, 5.74) is -3.10. The first kappa shape index (κ1) is 17.1. The molecule has 1 heterocycles. The van der Waals surface area contributed by atoms with E-state index in [0.29, 0.717) is 0 Å². The second-order valence-corrected chi connectivity index (χ2v) is 6.55. The lowest BCUT2D eigenvalue weighted by molar-refractivity contribution is -0.137. The highest BCUT2D eigenvalue weighted by atomic mass is 35.5. The van der Waals surface area contributed by atoms with Gasteiger partial charge in [-0.05, 0) is 39.8 Å². The lowest BCUT2D eigenvalue weighted by Gasteiger charge is -2.32. The summed E-state index contributed by atoms with van der Waals surface area (Å²) in [6.07, 6.45) is -4.69. The third-order valence-corrected chi connectivity index (χ3v) is 4.28. The second-order valence-electron chi connectivity index (χ2n) is 6.12. The summed E-state index contributed by atoms with van der Waals surface area (Å²) in [7, 11) is -1.08. The van der Waals surface area contributed by atoms with Gasteiger partial charge in [-0.3, -0.25) is 0 Å². The molecule has 1 aliphatic heterocycles. The predicted molar refractivity (Wildman–Crippen MR) is 76.9 cm³/mol. The molecular weight excluding hydrogens is 317 g/mol. The van der Waals surface area contributed by atoms with Gasteiger partial charge in [0, 0.05) is 10.5 Å². The number of nitrogens with zero attached hydrogens (tertiary/aromatic N) is 1. The summed E-state index contributed by atoms with van der Waals surface area (Å²) in [4.78, 5) is 0. The van der Waals surface area contributed by atoms with E-state index in [1.165, 1.54) is 6.07 Å². The second kappa shape index (κ2) is 5.15. The fourth-order valence-electron chi connectivity index (χ4n) is 2.13. The molecule has 0 saturated carbocycles. The van der Waals surface area contributed by atoms with Crippen molar-refractivity contribution in [3.8, 4) is 6.07 Å². The molecule has 0 aliphatic carbocycles. The lowest BCUT2D eigenvalue weighted by Crippen LogP contribution is -2.41. The van der Waals surface area contributed by atoms with E-state index in [1.807, 2.05) is 0 Å². The molecule has 0 N–H and O–H groups in total. The Morgan fingerprint density at radius 1 is 1.14 bits per heavy atom. The summed E-state index contributed by atoms with van der Waals surface area (Å²) in [5, 5.41) is 9.04. The van der Waals surface area contributed by atoms with E-state index in [9.17, 15) is 13.2 Å². The lowest BCUT2D eigenvalue weighted by atomic mass is 9.75. The maximum Gasteiger partial charge on any atom is 0.496 e. The van der Waals surface area contributed by atoms with Crippen LogP contribution in [0.25, 0.3) is 0 Å². The van der Waals surface area contributed by atoms with E-state index in [1.54, 1.807) is 33.8 Å². The Kier molecular flexibility index (Phi) is 4.01. The van der Waals surface area contributed by atoms with E-state index in [0.717, 1.165) is 6.07 Å². The van der Waals surface area contributed by atoms with Crippen LogP contribution in [-0.4, -0.2) is 18.3 Å². The van der Waals surface area contributed by atoms with Gasteiger partial charge >= 0.3 is 13.3 Å². The molecule has 0 spiro atoms. The number of benzene rings is 1. The van der Waals surface area contributed by atoms with Crippen molar-refractivity contribution >= 4 is 24.2 Å². The van der Waals surface area contributed by atoms with Crippen LogP contribution in [-0.2, 0) is 15.5 Å². The molecular formula is C14H14BClF3NO2. The third-order valence-electron chi connectivity index (χ3n) is 4.06. The SMILES string of the molecule is CC1(C)OB(c2cc(Cl)cc(C(F)(F)F)c2C#N)OC1(C)C. The summed E-state index contributed by atoms with van der Waals surface area (Å²) < 4.78 is 50.7. The van der Waals surface area contributed by atoms with Crippen molar-refractivity contribution in [2.45, 2.75) is 45.1 Å². The van der Waals surface area contributed by atoms with Gasteiger partial charge in [-0.1, -0.05) is 11.6 Å². The Hall–Kier alpha value is -1.23. The van der Waals surface area contributed by atoms with Crippen LogP contribution in [0.2, 0.25) is 5.02 Å². The van der Waals surface area contributed by atoms with Crippen LogP contribution < -0.4 is 5.46 Å². The molecule has 0 radical (unpaired) electrons. The molecule has 1 saturated heterocycles. The number of hydrogen-bond acceptors (Lipinski definition) is 3. The largest absolute Gasteiger partial charge is 0.496 e. The highest BCUT2D eigenvalue weighted by Gasteiger charge is 2.53. The van der Waals surface area contributed by atoms with Crippen molar-refractivity contribution in [3.05, 3.63) is 28.3 Å². The first-order valence-electron chi connectivity index (χ1n) is 6.55. The normalized spacial score (nSPS) is 20.0. The topological polar surface area (TPSA) is 42.2 Å². The molecule has 1 aromatic rings. The minimum absolute atomic E-state index is 0.0130. The van der Waals surface area contributed by atoms with Crippen LogP contribution in [0.1, 0.15) is 38.8 Å². The number of hydrogen-bond donors (Lipinski definition) is 0. The molecule has 1 aromatic carbocycles. The maximum absolute atomic E-state index is 13.1. The summed E-state index contributed by atoms with van der Waals surface area (Å²) in [6, 6.07) is 3.60. The highest BCUT2D eigenvalue weighted by Crippen LogP contribution is 2.38. The average Bonchev–Trinajstić information content (AvgIpc) is 2.56. The summed E-state index contributed by atoms with van der Waals surface area (Å²) >= 11 is 5.79. The average molecular weight is 332 g/mol. The van der Waals surface area contributed by atoms with E-state index in [2.05, 4.69) is 0 Å². The van der Waals surface area contributed by atoms with Gasteiger partial charge in [0.05, 0.1) is 28.4 Å². The van der Waals surface area contributed by atoms with Gasteiger partial charge in [-0.15, -0.1) is 0 Å². The zero-order valence-electron chi connectivity index (χ0n) is 12.5. The van der Waals surface area contributed by atoms with Crippen LogP contribution in [0.3, 0.4) is 0 Å². The van der Waals surface area contributed by atoms with Gasteiger partial charge in [0.15, 0.2) is 0 Å². The molecule has 1 aliphatic rings. The molecule has 0 unspecified atom stereocenters. The Bertz CT molecular complexity index is 637. The molecule has 118 valence electrons. The molecule has 0 aromatic heterocycles. The fourth-order valence-corrected chi connectivity index (χ4v) is 2.36. The molecule has 0 bridgehead atoms. The quantitative estimate of drug-likeness (QED) is 0.739. The Labute approximate surface area is 132 Å². The Balaban J connectivity index is 2.59. The number of nitriles is 1. The summed E-state index contributed by atoms with van der Waals surface area (Å²) in [5.74, 6) is 0. The third kappa shape index (κ3) is 2.83. The maximum atomic E-state index is 13.1. The van der Waals surface area contributed by atoms with E-state index < -0.39 is 35.6 Å². The van der Waals surface area contributed by atoms with Crippen LogP contribution >= 0.6 is 11.6 Å². The minimum Gasteiger partial charge on any atom is -0.399 e. The van der Waals surface area contributed by atoms with Crippen LogP contribution in [0.5, 0.6) is 0 Å². The number of rotatable bonds is 1. The van der Waals surface area contributed by atoms with Crippen molar-refractivity contribution in [2.75, 3.05) is 0 Å². The fraction of sp³-hybridized carbons (Fsp3) is 0.500. The van der Waals surface area contributed by atoms with Crippen molar-refractivity contribution < 1.29 is 22.5 Å². The van der Waals surface area contributed by atoms with Crippen molar-refractivity contribution in [3.63, 3.8) is 0 Å². The molecule has 0 atom stereocenters. The van der Waals surface area contributed by atoms with Crippen LogP contribution in [0.4, 0.5) is 13.2 Å². The molecule has 0 amide bonds. The van der Waals surface area contributed by atoms with Gasteiger partial charge in [-0.2, -0.15) is 18.4 Å². The first-order valence-corrected chi connectivity index (χ1v) is 6.93. The molecule has 1 fully saturated rings. The predicted octanol–water partition coefficient (Wildman–Crippen LogP) is 3.53. The summed E-state index contributed by atoms with van der Waals surface area (Å²) in [6.45, 7) is 7.09. The van der Waals surface area contributed by atoms with Crippen molar-refractivity contribution in [1.29, 1.82) is 5.26 Å². The standard InChI is InChI=1S/C14H14BClF3NO2/c1-12(2)13(3,4)22-15(21-12)11-6-8(16)5-10(9(11)7-20)14(17,18)19/h5-6H,1-4H3. The Morgan fingerprint density at radius 3 is 2.05 bits per heavy atom. The zero-order valence-corrected chi connectivity index (χ0v) is 13.3.